The normalized spacial score (nSPS) is 17.2. The fourth-order valence-corrected chi connectivity index (χ4v) is 24.4. The van der Waals surface area contributed by atoms with Crippen LogP contribution in [0.5, 0.6) is 0 Å². The number of benzene rings is 4. The number of allylic oxidation sites excluding steroid dienone is 8. The largest absolute Gasteiger partial charge is 1.00 e. The predicted octanol–water partition coefficient (Wildman–Crippen LogP) is 3.39. The maximum absolute atomic E-state index is 2.59. The quantitative estimate of drug-likeness (QED) is 0.280. The van der Waals surface area contributed by atoms with Gasteiger partial charge in [0.1, 0.15) is 0 Å². The summed E-state index contributed by atoms with van der Waals surface area (Å²) in [7, 11) is 0. The van der Waals surface area contributed by atoms with E-state index in [1.807, 2.05) is 0 Å². The van der Waals surface area contributed by atoms with E-state index < -0.39 is 25.8 Å². The standard InChI is InChI=1S/2C17H13.C2H6Si.2ClH.Zr/c2*1-3-7-14(8-4-1)16-11-12-17(13-16)15-9-5-2-6-10-15;1-3-2;;;/h2*1-12,16H;1-2H3;2*1H;/q;;;;;+2/p-2. The van der Waals surface area contributed by atoms with Crippen molar-refractivity contribution in [2.45, 2.75) is 24.9 Å². The van der Waals surface area contributed by atoms with Gasteiger partial charge in [-0.25, -0.2) is 0 Å². The van der Waals surface area contributed by atoms with E-state index in [1.54, 1.807) is 6.56 Å². The number of hydrogen-bond acceptors (Lipinski definition) is 0. The molecule has 4 aromatic carbocycles. The van der Waals surface area contributed by atoms with E-state index in [4.69, 9.17) is 0 Å². The second-order valence-corrected chi connectivity index (χ2v) is 27.1. The van der Waals surface area contributed by atoms with Gasteiger partial charge in [-0.2, -0.15) is 0 Å². The van der Waals surface area contributed by atoms with Gasteiger partial charge in [-0.3, -0.25) is 0 Å². The van der Waals surface area contributed by atoms with Crippen molar-refractivity contribution in [1.29, 1.82) is 0 Å². The van der Waals surface area contributed by atoms with E-state index in [0.717, 1.165) is 0 Å². The zero-order valence-corrected chi connectivity index (χ0v) is 27.7. The Bertz CT molecular complexity index is 1480. The third-order valence-electron chi connectivity index (χ3n) is 7.64. The molecule has 6 rings (SSSR count). The average molecular weight is 655 g/mol. The van der Waals surface area contributed by atoms with Gasteiger partial charge in [0, 0.05) is 0 Å². The van der Waals surface area contributed by atoms with Crippen LogP contribution in [0.25, 0.3) is 11.1 Å². The Morgan fingerprint density at radius 3 is 1.12 bits per heavy atom. The summed E-state index contributed by atoms with van der Waals surface area (Å²) < 4.78 is 3.52. The second-order valence-electron chi connectivity index (χ2n) is 10.3. The van der Waals surface area contributed by atoms with Crippen molar-refractivity contribution in [2.24, 2.45) is 0 Å². The van der Waals surface area contributed by atoms with Gasteiger partial charge in [0.05, 0.1) is 0 Å². The Balaban J connectivity index is 0.00000185. The summed E-state index contributed by atoms with van der Waals surface area (Å²) in [6.45, 7) is 5.18. The van der Waals surface area contributed by atoms with Crippen LogP contribution in [0.1, 0.15) is 34.1 Å². The smallest absolute Gasteiger partial charge is 1.00 e. The summed E-state index contributed by atoms with van der Waals surface area (Å²) in [4.78, 5) is 0. The first-order valence-corrected chi connectivity index (χ1v) is 22.1. The molecule has 0 spiro atoms. The molecule has 2 unspecified atom stereocenters. The summed E-state index contributed by atoms with van der Waals surface area (Å²) in [5, 5.41) is 0. The van der Waals surface area contributed by atoms with E-state index in [-0.39, 0.29) is 24.8 Å². The fraction of sp³-hybridized carbons (Fsp3) is 0.111. The average Bonchev–Trinajstić information content (AvgIpc) is 3.61. The minimum Gasteiger partial charge on any atom is -1.00 e. The van der Waals surface area contributed by atoms with Gasteiger partial charge in [-0.05, 0) is 0 Å². The zero-order chi connectivity index (χ0) is 25.9. The third kappa shape index (κ3) is 6.07. The predicted molar refractivity (Wildman–Crippen MR) is 161 cm³/mol. The molecule has 2 aliphatic carbocycles. The molecule has 0 saturated carbocycles. The molecule has 2 atom stereocenters. The van der Waals surface area contributed by atoms with Crippen LogP contribution >= 0.6 is 0 Å². The molecule has 2 aliphatic rings. The molecule has 4 heteroatoms. The number of rotatable bonds is 6. The minimum absolute atomic E-state index is 0. The van der Waals surface area contributed by atoms with E-state index in [1.165, 1.54) is 33.4 Å². The topological polar surface area (TPSA) is 0 Å². The van der Waals surface area contributed by atoms with Crippen LogP contribution in [0.3, 0.4) is 0 Å². The van der Waals surface area contributed by atoms with Gasteiger partial charge >= 0.3 is 236 Å². The van der Waals surface area contributed by atoms with Crippen LogP contribution in [-0.4, -0.2) is 5.43 Å². The summed E-state index contributed by atoms with van der Waals surface area (Å²) in [5.74, 6) is 0.726. The van der Waals surface area contributed by atoms with Crippen LogP contribution in [0.15, 0.2) is 152 Å². The first-order valence-electron chi connectivity index (χ1n) is 13.5. The van der Waals surface area contributed by atoms with Crippen LogP contribution in [0.2, 0.25) is 13.1 Å². The minimum atomic E-state index is -2.40. The van der Waals surface area contributed by atoms with Gasteiger partial charge in [0.15, 0.2) is 0 Å². The van der Waals surface area contributed by atoms with Crippen LogP contribution in [-0.2, 0) is 20.4 Å². The summed E-state index contributed by atoms with van der Waals surface area (Å²) >= 11 is -2.40. The van der Waals surface area contributed by atoms with E-state index in [0.29, 0.717) is 11.8 Å². The Kier molecular flexibility index (Phi) is 10.6. The van der Waals surface area contributed by atoms with Crippen LogP contribution in [0.4, 0.5) is 0 Å². The monoisotopic (exact) mass is 652 g/mol. The van der Waals surface area contributed by atoms with Crippen molar-refractivity contribution in [3.8, 4) is 0 Å². The Morgan fingerprint density at radius 1 is 0.475 bits per heavy atom. The SMILES string of the molecule is C[Si](C)=[Zr+2]([C]1=C(c2ccccc2)C=CC1c1ccccc1)[C]1=C(c2ccccc2)C=CC1c1ccccc1.[Cl-].[Cl-]. The molecular weight excluding hydrogens is 623 g/mol. The van der Waals surface area contributed by atoms with E-state index in [9.17, 15) is 0 Å². The molecule has 0 amide bonds. The van der Waals surface area contributed by atoms with Crippen molar-refractivity contribution in [2.75, 3.05) is 0 Å². The Labute approximate surface area is 259 Å². The van der Waals surface area contributed by atoms with E-state index in [2.05, 4.69) is 159 Å². The molecule has 4 aromatic rings. The molecule has 0 heterocycles. The summed E-state index contributed by atoms with van der Waals surface area (Å²) in [6, 6.07) is 44.6. The van der Waals surface area contributed by atoms with Gasteiger partial charge in [-0.1, -0.05) is 0 Å². The first kappa shape index (κ1) is 30.5. The fourth-order valence-electron chi connectivity index (χ4n) is 5.97. The van der Waals surface area contributed by atoms with Crippen molar-refractivity contribution in [3.63, 3.8) is 0 Å². The van der Waals surface area contributed by atoms with Gasteiger partial charge in [0.2, 0.25) is 0 Å². The van der Waals surface area contributed by atoms with Gasteiger partial charge < -0.3 is 24.8 Å². The second kappa shape index (κ2) is 13.9. The van der Waals surface area contributed by atoms with Crippen molar-refractivity contribution >= 4 is 16.6 Å². The molecule has 0 aromatic heterocycles. The molecule has 0 fully saturated rings. The summed E-state index contributed by atoms with van der Waals surface area (Å²) in [6.07, 6.45) is 9.86. The molecule has 0 saturated heterocycles. The van der Waals surface area contributed by atoms with Gasteiger partial charge in [0.25, 0.3) is 0 Å². The maximum Gasteiger partial charge on any atom is -1.00 e. The van der Waals surface area contributed by atoms with Crippen molar-refractivity contribution in [1.82, 2.24) is 0 Å². The maximum atomic E-state index is 2.59. The Morgan fingerprint density at radius 2 is 0.800 bits per heavy atom. The van der Waals surface area contributed by atoms with Crippen molar-refractivity contribution < 1.29 is 45.2 Å². The zero-order valence-electron chi connectivity index (χ0n) is 22.8. The van der Waals surface area contributed by atoms with Gasteiger partial charge in [-0.15, -0.1) is 0 Å². The Hall–Kier alpha value is -2.48. The first-order chi connectivity index (χ1) is 18.7. The molecular formula is C36H32Cl2SiZr. The van der Waals surface area contributed by atoms with Crippen LogP contribution < -0.4 is 24.8 Å². The molecule has 0 bridgehead atoms. The number of hydrogen-bond donors (Lipinski definition) is 0. The summed E-state index contributed by atoms with van der Waals surface area (Å²) in [5.41, 5.74) is 7.95. The van der Waals surface area contributed by atoms with Crippen LogP contribution in [0, 0.1) is 0 Å². The molecule has 0 N–H and O–H groups in total. The van der Waals surface area contributed by atoms with E-state index >= 15 is 0 Å². The number of halogens is 2. The molecule has 0 nitrogen and oxygen atoms in total. The molecule has 198 valence electrons. The van der Waals surface area contributed by atoms with Crippen molar-refractivity contribution in [3.05, 3.63) is 174 Å². The molecule has 0 radical (unpaired) electrons. The molecule has 40 heavy (non-hydrogen) atoms. The molecule has 0 aliphatic heterocycles. The third-order valence-corrected chi connectivity index (χ3v) is 24.7.